The maximum atomic E-state index is 12.8. The molecule has 118 valence electrons. The van der Waals surface area contributed by atoms with E-state index in [2.05, 4.69) is 18.0 Å². The lowest BCUT2D eigenvalue weighted by Gasteiger charge is -2.53. The summed E-state index contributed by atoms with van der Waals surface area (Å²) < 4.78 is 17.4. The molecular formula is C18H17NO4. The number of carbonyl (C=O) groups is 1. The van der Waals surface area contributed by atoms with Crippen molar-refractivity contribution in [3.8, 4) is 11.5 Å². The van der Waals surface area contributed by atoms with Crippen molar-refractivity contribution >= 4 is 5.78 Å². The van der Waals surface area contributed by atoms with E-state index in [0.29, 0.717) is 11.8 Å². The zero-order chi connectivity index (χ0) is 15.5. The Hall–Kier alpha value is -2.01. The number of likely N-dealkylation sites (tertiary alicyclic amines) is 1. The summed E-state index contributed by atoms with van der Waals surface area (Å²) in [7, 11) is 3.84. The van der Waals surface area contributed by atoms with Crippen LogP contribution >= 0.6 is 0 Å². The maximum Gasteiger partial charge on any atom is 0.242 e. The number of carbonyl (C=O) groups excluding carboxylic acids is 1. The van der Waals surface area contributed by atoms with Crippen molar-refractivity contribution < 1.29 is 19.0 Å². The SMILES string of the molecule is COc1ccc2c3c1O[C@H]1C(=O)C4=C(O4)[C@H]4[C@@H](C2)N(C)CC[C@]314. The molecule has 2 bridgehead atoms. The normalized spacial score (nSPS) is 38.5. The van der Waals surface area contributed by atoms with Gasteiger partial charge in [0.1, 0.15) is 0 Å². The molecule has 1 saturated heterocycles. The fraction of sp³-hybridized carbons (Fsp3) is 0.500. The monoisotopic (exact) mass is 311 g/mol. The molecule has 0 radical (unpaired) electrons. The molecule has 1 aromatic rings. The van der Waals surface area contributed by atoms with Crippen LogP contribution in [0.25, 0.3) is 0 Å². The highest BCUT2D eigenvalue weighted by molar-refractivity contribution is 6.04. The van der Waals surface area contributed by atoms with Crippen LogP contribution in [0.15, 0.2) is 23.7 Å². The molecule has 3 aliphatic heterocycles. The molecular weight excluding hydrogens is 294 g/mol. The summed E-state index contributed by atoms with van der Waals surface area (Å²) in [6, 6.07) is 4.50. The number of ether oxygens (including phenoxy) is 3. The Labute approximate surface area is 133 Å². The smallest absolute Gasteiger partial charge is 0.242 e. The zero-order valence-electron chi connectivity index (χ0n) is 13.1. The van der Waals surface area contributed by atoms with Gasteiger partial charge in [0.15, 0.2) is 23.4 Å². The highest BCUT2D eigenvalue weighted by Gasteiger charge is 2.72. The first kappa shape index (κ1) is 12.4. The van der Waals surface area contributed by atoms with Crippen LogP contribution in [-0.2, 0) is 21.4 Å². The molecule has 1 spiro atoms. The Morgan fingerprint density at radius 1 is 1.39 bits per heavy atom. The van der Waals surface area contributed by atoms with Crippen LogP contribution in [0.5, 0.6) is 11.5 Å². The van der Waals surface area contributed by atoms with Crippen molar-refractivity contribution in [2.45, 2.75) is 30.4 Å². The Bertz CT molecular complexity index is 829. The molecule has 1 aromatic carbocycles. The Morgan fingerprint density at radius 2 is 2.26 bits per heavy atom. The van der Waals surface area contributed by atoms with Gasteiger partial charge in [-0.2, -0.15) is 0 Å². The van der Waals surface area contributed by atoms with Gasteiger partial charge < -0.3 is 19.1 Å². The van der Waals surface area contributed by atoms with Gasteiger partial charge in [-0.3, -0.25) is 4.79 Å². The third-order valence-electron chi connectivity index (χ3n) is 6.55. The first-order valence-electron chi connectivity index (χ1n) is 8.20. The summed E-state index contributed by atoms with van der Waals surface area (Å²) in [5.74, 6) is 3.27. The second-order valence-corrected chi connectivity index (χ2v) is 7.31. The number of benzene rings is 1. The van der Waals surface area contributed by atoms with E-state index in [-0.39, 0.29) is 17.1 Å². The van der Waals surface area contributed by atoms with Crippen molar-refractivity contribution in [1.29, 1.82) is 0 Å². The molecule has 0 saturated carbocycles. The predicted molar refractivity (Wildman–Crippen MR) is 80.4 cm³/mol. The molecule has 5 nitrogen and oxygen atoms in total. The molecule has 0 N–H and O–H groups in total. The van der Waals surface area contributed by atoms with Gasteiger partial charge in [-0.15, -0.1) is 0 Å². The average Bonchev–Trinajstić information content (AvgIpc) is 3.27. The van der Waals surface area contributed by atoms with Crippen LogP contribution in [0, 0.1) is 5.92 Å². The standard InChI is InChI=1S/C18H17NO4/c1-19-6-5-18-11-8-3-4-10(21-2)14(11)23-17(18)13(20)16-15(22-16)12(18)9(19)7-8/h3-4,9,12,17H,5-7H2,1-2H3/t9-,12-,17+,18-/m1/s1. The molecule has 0 unspecified atom stereocenters. The fourth-order valence-electron chi connectivity index (χ4n) is 5.55. The van der Waals surface area contributed by atoms with E-state index < -0.39 is 6.10 Å². The lowest BCUT2D eigenvalue weighted by Crippen LogP contribution is -2.64. The number of ketones is 1. The number of hydrogen-bond acceptors (Lipinski definition) is 5. The van der Waals surface area contributed by atoms with E-state index in [1.807, 2.05) is 6.07 Å². The van der Waals surface area contributed by atoms with E-state index in [0.717, 1.165) is 36.6 Å². The molecule has 0 amide bonds. The van der Waals surface area contributed by atoms with Gasteiger partial charge in [0, 0.05) is 11.6 Å². The van der Waals surface area contributed by atoms with Crippen LogP contribution < -0.4 is 9.47 Å². The maximum absolute atomic E-state index is 12.8. The lowest BCUT2D eigenvalue weighted by molar-refractivity contribution is -0.128. The summed E-state index contributed by atoms with van der Waals surface area (Å²) >= 11 is 0. The highest BCUT2D eigenvalue weighted by Crippen LogP contribution is 2.66. The van der Waals surface area contributed by atoms with E-state index >= 15 is 0 Å². The lowest BCUT2D eigenvalue weighted by atomic mass is 9.53. The molecule has 2 aliphatic carbocycles. The molecule has 1 fully saturated rings. The van der Waals surface area contributed by atoms with E-state index in [9.17, 15) is 4.79 Å². The quantitative estimate of drug-likeness (QED) is 0.784. The number of hydrogen-bond donors (Lipinski definition) is 0. The van der Waals surface area contributed by atoms with Crippen molar-refractivity contribution in [1.82, 2.24) is 4.90 Å². The number of piperidine rings is 1. The van der Waals surface area contributed by atoms with Crippen molar-refractivity contribution in [2.75, 3.05) is 20.7 Å². The number of Topliss-reactive ketones (excluding diaryl/α,β-unsaturated/α-hetero) is 1. The Kier molecular flexibility index (Phi) is 1.92. The van der Waals surface area contributed by atoms with E-state index in [4.69, 9.17) is 14.2 Å². The molecule has 5 heteroatoms. The van der Waals surface area contributed by atoms with Gasteiger partial charge in [-0.1, -0.05) is 6.07 Å². The molecule has 23 heavy (non-hydrogen) atoms. The number of methoxy groups -OCH3 is 1. The highest BCUT2D eigenvalue weighted by atomic mass is 16.6. The van der Waals surface area contributed by atoms with Gasteiger partial charge >= 0.3 is 0 Å². The van der Waals surface area contributed by atoms with Gasteiger partial charge in [0.05, 0.1) is 18.4 Å². The van der Waals surface area contributed by atoms with Gasteiger partial charge in [-0.25, -0.2) is 0 Å². The van der Waals surface area contributed by atoms with Crippen LogP contribution in [0.2, 0.25) is 0 Å². The summed E-state index contributed by atoms with van der Waals surface area (Å²) in [5.41, 5.74) is 2.25. The Balaban J connectivity index is 1.70. The molecule has 4 atom stereocenters. The summed E-state index contributed by atoms with van der Waals surface area (Å²) in [4.78, 5) is 15.2. The predicted octanol–water partition coefficient (Wildman–Crippen LogP) is 1.39. The molecule has 3 heterocycles. The van der Waals surface area contributed by atoms with E-state index in [1.165, 1.54) is 11.1 Å². The van der Waals surface area contributed by atoms with Crippen LogP contribution in [-0.4, -0.2) is 43.5 Å². The minimum absolute atomic E-state index is 0.0191. The summed E-state index contributed by atoms with van der Waals surface area (Å²) in [5, 5.41) is 0. The summed E-state index contributed by atoms with van der Waals surface area (Å²) in [6.45, 7) is 0.979. The van der Waals surface area contributed by atoms with Crippen LogP contribution in [0.4, 0.5) is 0 Å². The van der Waals surface area contributed by atoms with Crippen LogP contribution in [0.3, 0.4) is 0 Å². The number of rotatable bonds is 1. The first-order chi connectivity index (χ1) is 11.2. The second kappa shape index (κ2) is 3.56. The molecule has 0 aromatic heterocycles. The first-order valence-corrected chi connectivity index (χ1v) is 8.20. The minimum Gasteiger partial charge on any atom is -0.493 e. The topological polar surface area (TPSA) is 51.3 Å². The summed E-state index contributed by atoms with van der Waals surface area (Å²) in [6.07, 6.45) is 1.45. The number of nitrogens with zero attached hydrogens (tertiary/aromatic N) is 1. The third kappa shape index (κ3) is 1.15. The average molecular weight is 311 g/mol. The fourth-order valence-corrected chi connectivity index (χ4v) is 5.55. The molecule has 5 aliphatic rings. The van der Waals surface area contributed by atoms with Crippen LogP contribution in [0.1, 0.15) is 17.5 Å². The van der Waals surface area contributed by atoms with Crippen molar-refractivity contribution in [3.05, 3.63) is 34.8 Å². The molecule has 6 rings (SSSR count). The minimum atomic E-state index is -0.449. The second-order valence-electron chi connectivity index (χ2n) is 7.31. The number of likely N-dealkylation sites (N-methyl/N-ethyl adjacent to an activating group) is 1. The Morgan fingerprint density at radius 3 is 3.09 bits per heavy atom. The van der Waals surface area contributed by atoms with E-state index in [1.54, 1.807) is 7.11 Å². The largest absolute Gasteiger partial charge is 0.493 e. The van der Waals surface area contributed by atoms with Gasteiger partial charge in [-0.05, 0) is 38.1 Å². The van der Waals surface area contributed by atoms with Gasteiger partial charge in [0.2, 0.25) is 11.5 Å². The van der Waals surface area contributed by atoms with Crippen molar-refractivity contribution in [2.24, 2.45) is 5.92 Å². The third-order valence-corrected chi connectivity index (χ3v) is 6.55. The zero-order valence-corrected chi connectivity index (χ0v) is 13.1. The van der Waals surface area contributed by atoms with Crippen molar-refractivity contribution in [3.63, 3.8) is 0 Å². The van der Waals surface area contributed by atoms with Gasteiger partial charge in [0.25, 0.3) is 0 Å².